The Bertz CT molecular complexity index is 1330. The van der Waals surface area contributed by atoms with E-state index in [1.54, 1.807) is 6.92 Å². The predicted octanol–water partition coefficient (Wildman–Crippen LogP) is 5.12. The minimum absolute atomic E-state index is 0.0304. The summed E-state index contributed by atoms with van der Waals surface area (Å²) < 4.78 is 11.4. The van der Waals surface area contributed by atoms with Crippen LogP contribution in [0, 0.1) is 11.8 Å². The summed E-state index contributed by atoms with van der Waals surface area (Å²) in [4.78, 5) is 37.8. The number of alkyl carbamates (subject to hydrolysis) is 1. The second kappa shape index (κ2) is 13.0. The topological polar surface area (TPSA) is 114 Å². The lowest BCUT2D eigenvalue weighted by Gasteiger charge is -2.25. The molecule has 5 rings (SSSR count). The summed E-state index contributed by atoms with van der Waals surface area (Å²) in [6.07, 6.45) is 0.973. The highest BCUT2D eigenvalue weighted by molar-refractivity contribution is 5.86. The third-order valence-electron chi connectivity index (χ3n) is 8.24. The van der Waals surface area contributed by atoms with Crippen LogP contribution in [0.15, 0.2) is 78.9 Å². The fourth-order valence-electron chi connectivity index (χ4n) is 6.03. The standard InChI is InChI=1S/C33H36N2O6/c1-21(40-19-22-10-3-2-4-11-22)30(32(37)38)35-31(36)24-17-9-12-23(24)18-34-33(39)41-20-29-27-15-7-5-13-25(27)26-14-6-8-16-28(26)29/h2-8,10-11,13-16,21,23-24,29-30H,9,12,17-20H2,1H3,(H,34,39)(H,35,36)(H,37,38)/t21-,23-,24-,30+/m0/s1. The van der Waals surface area contributed by atoms with Crippen LogP contribution in [0.3, 0.4) is 0 Å². The Hall–Kier alpha value is -4.17. The lowest BCUT2D eigenvalue weighted by atomic mass is 9.94. The van der Waals surface area contributed by atoms with Gasteiger partial charge in [-0.15, -0.1) is 0 Å². The van der Waals surface area contributed by atoms with Crippen molar-refractivity contribution in [3.8, 4) is 11.1 Å². The van der Waals surface area contributed by atoms with Gasteiger partial charge in [-0.05, 0) is 53.5 Å². The number of benzene rings is 3. The molecule has 2 amide bonds. The molecule has 3 aromatic carbocycles. The predicted molar refractivity (Wildman–Crippen MR) is 154 cm³/mol. The van der Waals surface area contributed by atoms with E-state index in [2.05, 4.69) is 34.9 Å². The summed E-state index contributed by atoms with van der Waals surface area (Å²) in [5.41, 5.74) is 5.53. The van der Waals surface area contributed by atoms with Crippen LogP contribution in [-0.4, -0.2) is 48.4 Å². The molecule has 0 aliphatic heterocycles. The Morgan fingerprint density at radius 3 is 2.20 bits per heavy atom. The summed E-state index contributed by atoms with van der Waals surface area (Å²) in [7, 11) is 0. The molecular weight excluding hydrogens is 520 g/mol. The second-order valence-electron chi connectivity index (χ2n) is 10.8. The first-order valence-electron chi connectivity index (χ1n) is 14.2. The lowest BCUT2D eigenvalue weighted by Crippen LogP contribution is -2.51. The molecule has 214 valence electrons. The van der Waals surface area contributed by atoms with Crippen molar-refractivity contribution in [1.82, 2.24) is 10.6 Å². The highest BCUT2D eigenvalue weighted by Crippen LogP contribution is 2.44. The average molecular weight is 557 g/mol. The van der Waals surface area contributed by atoms with Crippen LogP contribution in [-0.2, 0) is 25.7 Å². The number of carbonyl (C=O) groups is 3. The van der Waals surface area contributed by atoms with E-state index in [9.17, 15) is 19.5 Å². The number of hydrogen-bond donors (Lipinski definition) is 3. The summed E-state index contributed by atoms with van der Waals surface area (Å²) in [6, 6.07) is 24.6. The molecule has 0 bridgehead atoms. The van der Waals surface area contributed by atoms with E-state index in [0.29, 0.717) is 6.42 Å². The third kappa shape index (κ3) is 6.60. The highest BCUT2D eigenvalue weighted by Gasteiger charge is 2.37. The second-order valence-corrected chi connectivity index (χ2v) is 10.8. The van der Waals surface area contributed by atoms with Crippen LogP contribution in [0.4, 0.5) is 4.79 Å². The first kappa shape index (κ1) is 28.4. The van der Waals surface area contributed by atoms with Crippen LogP contribution in [0.25, 0.3) is 11.1 Å². The van der Waals surface area contributed by atoms with Gasteiger partial charge in [0.2, 0.25) is 5.91 Å². The summed E-state index contributed by atoms with van der Waals surface area (Å²) in [5, 5.41) is 15.3. The Labute approximate surface area is 240 Å². The fourth-order valence-corrected chi connectivity index (χ4v) is 6.03. The Balaban J connectivity index is 1.12. The quantitative estimate of drug-likeness (QED) is 0.302. The molecule has 1 fully saturated rings. The number of carboxylic acid groups (broad SMARTS) is 1. The van der Waals surface area contributed by atoms with E-state index >= 15 is 0 Å². The van der Waals surface area contributed by atoms with Gasteiger partial charge in [0.25, 0.3) is 0 Å². The molecule has 1 saturated carbocycles. The average Bonchev–Trinajstić information content (AvgIpc) is 3.59. The molecule has 0 spiro atoms. The molecule has 2 aliphatic carbocycles. The molecule has 0 saturated heterocycles. The summed E-state index contributed by atoms with van der Waals surface area (Å²) in [5.74, 6) is -2.01. The highest BCUT2D eigenvalue weighted by atomic mass is 16.5. The van der Waals surface area contributed by atoms with Gasteiger partial charge in [0.15, 0.2) is 6.04 Å². The van der Waals surface area contributed by atoms with Gasteiger partial charge < -0.3 is 25.2 Å². The molecule has 3 aromatic rings. The number of fused-ring (bicyclic) bond motifs is 3. The van der Waals surface area contributed by atoms with Gasteiger partial charge in [0.1, 0.15) is 6.61 Å². The van der Waals surface area contributed by atoms with E-state index in [4.69, 9.17) is 9.47 Å². The number of carbonyl (C=O) groups excluding carboxylic acids is 2. The summed E-state index contributed by atoms with van der Waals surface area (Å²) in [6.45, 7) is 2.40. The van der Waals surface area contributed by atoms with E-state index < -0.39 is 30.1 Å². The number of nitrogens with one attached hydrogen (secondary N) is 2. The molecule has 0 radical (unpaired) electrons. The van der Waals surface area contributed by atoms with Crippen molar-refractivity contribution in [2.45, 2.75) is 50.9 Å². The maximum Gasteiger partial charge on any atom is 0.407 e. The van der Waals surface area contributed by atoms with E-state index in [1.807, 2.05) is 54.6 Å². The first-order chi connectivity index (χ1) is 19.9. The van der Waals surface area contributed by atoms with E-state index in [1.165, 1.54) is 0 Å². The van der Waals surface area contributed by atoms with Crippen LogP contribution >= 0.6 is 0 Å². The summed E-state index contributed by atoms with van der Waals surface area (Å²) >= 11 is 0. The van der Waals surface area contributed by atoms with Crippen LogP contribution in [0.1, 0.15) is 48.8 Å². The van der Waals surface area contributed by atoms with Gasteiger partial charge in [-0.2, -0.15) is 0 Å². The molecular formula is C33H36N2O6. The SMILES string of the molecule is C[C@H](OCc1ccccc1)[C@@H](NC(=O)[C@H]1CCC[C@H]1CNC(=O)OCC1c2ccccc2-c2ccccc21)C(=O)O. The number of carboxylic acids is 1. The monoisotopic (exact) mass is 556 g/mol. The van der Waals surface area contributed by atoms with Crippen molar-refractivity contribution < 1.29 is 29.0 Å². The Morgan fingerprint density at radius 2 is 1.54 bits per heavy atom. The molecule has 4 atom stereocenters. The van der Waals surface area contributed by atoms with Gasteiger partial charge in [-0.25, -0.2) is 9.59 Å². The van der Waals surface area contributed by atoms with Crippen molar-refractivity contribution in [3.05, 3.63) is 95.6 Å². The van der Waals surface area contributed by atoms with E-state index in [0.717, 1.165) is 40.7 Å². The smallest absolute Gasteiger partial charge is 0.407 e. The number of hydrogen-bond acceptors (Lipinski definition) is 5. The van der Waals surface area contributed by atoms with Crippen LogP contribution < -0.4 is 10.6 Å². The van der Waals surface area contributed by atoms with Crippen LogP contribution in [0.5, 0.6) is 0 Å². The number of ether oxygens (including phenoxy) is 2. The van der Waals surface area contributed by atoms with Crippen molar-refractivity contribution in [2.75, 3.05) is 13.2 Å². The molecule has 8 heteroatoms. The van der Waals surface area contributed by atoms with Crippen LogP contribution in [0.2, 0.25) is 0 Å². The lowest BCUT2D eigenvalue weighted by molar-refractivity contribution is -0.147. The van der Waals surface area contributed by atoms with Crippen molar-refractivity contribution in [3.63, 3.8) is 0 Å². The molecule has 41 heavy (non-hydrogen) atoms. The number of rotatable bonds is 11. The molecule has 2 aliphatic rings. The molecule has 3 N–H and O–H groups in total. The van der Waals surface area contributed by atoms with Gasteiger partial charge in [-0.3, -0.25) is 4.79 Å². The zero-order valence-corrected chi connectivity index (χ0v) is 23.1. The zero-order chi connectivity index (χ0) is 28.8. The molecule has 8 nitrogen and oxygen atoms in total. The molecule has 0 aromatic heterocycles. The normalized spacial score (nSPS) is 19.0. The minimum atomic E-state index is -1.18. The minimum Gasteiger partial charge on any atom is -0.480 e. The molecule has 0 unspecified atom stereocenters. The van der Waals surface area contributed by atoms with Crippen molar-refractivity contribution in [1.29, 1.82) is 0 Å². The molecule has 0 heterocycles. The van der Waals surface area contributed by atoms with Crippen molar-refractivity contribution in [2.24, 2.45) is 11.8 Å². The fraction of sp³-hybridized carbons (Fsp3) is 0.364. The van der Waals surface area contributed by atoms with Gasteiger partial charge in [0.05, 0.1) is 12.7 Å². The maximum atomic E-state index is 13.2. The number of aliphatic carboxylic acids is 1. The van der Waals surface area contributed by atoms with Crippen molar-refractivity contribution >= 4 is 18.0 Å². The number of amides is 2. The first-order valence-corrected chi connectivity index (χ1v) is 14.2. The van der Waals surface area contributed by atoms with E-state index in [-0.39, 0.29) is 37.5 Å². The Kier molecular flexibility index (Phi) is 8.99. The Morgan fingerprint density at radius 1 is 0.902 bits per heavy atom. The maximum absolute atomic E-state index is 13.2. The van der Waals surface area contributed by atoms with Gasteiger partial charge >= 0.3 is 12.1 Å². The largest absolute Gasteiger partial charge is 0.480 e. The van der Waals surface area contributed by atoms with Gasteiger partial charge in [-0.1, -0.05) is 85.3 Å². The third-order valence-corrected chi connectivity index (χ3v) is 8.24. The zero-order valence-electron chi connectivity index (χ0n) is 23.1. The van der Waals surface area contributed by atoms with Gasteiger partial charge in [0, 0.05) is 18.4 Å².